The van der Waals surface area contributed by atoms with Gasteiger partial charge in [0.2, 0.25) is 5.91 Å². The van der Waals surface area contributed by atoms with Crippen LogP contribution in [0.4, 0.5) is 5.82 Å². The highest BCUT2D eigenvalue weighted by atomic mass is 16.3. The summed E-state index contributed by atoms with van der Waals surface area (Å²) in [5, 5.41) is 4.38. The van der Waals surface area contributed by atoms with Gasteiger partial charge in [-0.2, -0.15) is 5.10 Å². The number of furan rings is 1. The Bertz CT molecular complexity index is 939. The van der Waals surface area contributed by atoms with E-state index in [0.29, 0.717) is 18.8 Å². The van der Waals surface area contributed by atoms with Crippen LogP contribution in [0.3, 0.4) is 0 Å². The third kappa shape index (κ3) is 3.89. The molecule has 0 bridgehead atoms. The first-order valence-corrected chi connectivity index (χ1v) is 8.79. The van der Waals surface area contributed by atoms with Crippen LogP contribution in [0.5, 0.6) is 0 Å². The van der Waals surface area contributed by atoms with Crippen LogP contribution in [0, 0.1) is 6.92 Å². The van der Waals surface area contributed by atoms with Crippen LogP contribution in [0.1, 0.15) is 11.5 Å². The second kappa shape index (κ2) is 7.45. The number of nitrogens with zero attached hydrogens (tertiary/aromatic N) is 6. The van der Waals surface area contributed by atoms with E-state index in [1.807, 2.05) is 36.2 Å². The van der Waals surface area contributed by atoms with Gasteiger partial charge in [-0.1, -0.05) is 0 Å². The second-order valence-corrected chi connectivity index (χ2v) is 6.30. The van der Waals surface area contributed by atoms with Crippen LogP contribution >= 0.6 is 0 Å². The number of piperazine rings is 1. The number of anilines is 1. The Hall–Kier alpha value is -3.42. The molecule has 1 aliphatic rings. The summed E-state index contributed by atoms with van der Waals surface area (Å²) in [5.41, 5.74) is 0.935. The molecule has 27 heavy (non-hydrogen) atoms. The molecular weight excluding hydrogens is 344 g/mol. The van der Waals surface area contributed by atoms with Crippen molar-refractivity contribution in [2.45, 2.75) is 6.92 Å². The highest BCUT2D eigenvalue weighted by Gasteiger charge is 2.21. The molecule has 8 heteroatoms. The topological polar surface area (TPSA) is 80.3 Å². The Morgan fingerprint density at radius 2 is 1.96 bits per heavy atom. The first-order chi connectivity index (χ1) is 13.2. The molecule has 1 saturated heterocycles. The number of hydrogen-bond acceptors (Lipinski definition) is 6. The fourth-order valence-corrected chi connectivity index (χ4v) is 2.98. The van der Waals surface area contributed by atoms with Gasteiger partial charge in [0, 0.05) is 44.5 Å². The van der Waals surface area contributed by atoms with E-state index < -0.39 is 0 Å². The predicted molar refractivity (Wildman–Crippen MR) is 100 cm³/mol. The molecule has 0 radical (unpaired) electrons. The van der Waals surface area contributed by atoms with E-state index in [0.717, 1.165) is 30.4 Å². The molecule has 138 valence electrons. The number of carbonyl (C=O) groups excluding carboxylic acids is 1. The average Bonchev–Trinajstić information content (AvgIpc) is 3.38. The van der Waals surface area contributed by atoms with E-state index >= 15 is 0 Å². The summed E-state index contributed by atoms with van der Waals surface area (Å²) in [6, 6.07) is 7.46. The molecule has 0 saturated carbocycles. The largest absolute Gasteiger partial charge is 0.465 e. The summed E-state index contributed by atoms with van der Waals surface area (Å²) >= 11 is 0. The van der Waals surface area contributed by atoms with Crippen LogP contribution in [0.2, 0.25) is 0 Å². The lowest BCUT2D eigenvalue weighted by molar-refractivity contribution is -0.126. The Morgan fingerprint density at radius 3 is 2.67 bits per heavy atom. The zero-order valence-corrected chi connectivity index (χ0v) is 15.0. The first-order valence-electron chi connectivity index (χ1n) is 8.79. The first kappa shape index (κ1) is 17.0. The molecule has 0 aliphatic carbocycles. The number of hydrogen-bond donors (Lipinski definition) is 0. The summed E-state index contributed by atoms with van der Waals surface area (Å²) < 4.78 is 6.94. The van der Waals surface area contributed by atoms with Crippen LogP contribution in [-0.4, -0.2) is 56.7 Å². The SMILES string of the molecule is Cc1ccn(-c2cc(N3CCN(C(=O)/C=C/c4ccco4)CC3)ncn2)n1. The number of carbonyl (C=O) groups is 1. The van der Waals surface area contributed by atoms with Gasteiger partial charge in [0.05, 0.1) is 12.0 Å². The second-order valence-electron chi connectivity index (χ2n) is 6.30. The summed E-state index contributed by atoms with van der Waals surface area (Å²) in [5.74, 6) is 2.23. The highest BCUT2D eigenvalue weighted by Crippen LogP contribution is 2.16. The molecular formula is C19H20N6O2. The van der Waals surface area contributed by atoms with E-state index in [4.69, 9.17) is 4.42 Å². The van der Waals surface area contributed by atoms with Crippen molar-refractivity contribution in [3.05, 3.63) is 60.6 Å². The standard InChI is InChI=1S/C19H20N6O2/c1-15-6-7-25(22-15)18-13-17(20-14-21-18)23-8-10-24(11-9-23)19(26)5-4-16-3-2-12-27-16/h2-7,12-14H,8-11H2,1H3/b5-4+. The Balaban J connectivity index is 1.38. The molecule has 8 nitrogen and oxygen atoms in total. The lowest BCUT2D eigenvalue weighted by Crippen LogP contribution is -2.48. The van der Waals surface area contributed by atoms with Gasteiger partial charge in [-0.3, -0.25) is 4.79 Å². The zero-order valence-electron chi connectivity index (χ0n) is 15.0. The third-order valence-corrected chi connectivity index (χ3v) is 4.44. The molecule has 3 aromatic rings. The lowest BCUT2D eigenvalue weighted by Gasteiger charge is -2.34. The van der Waals surface area contributed by atoms with E-state index in [1.54, 1.807) is 35.5 Å². The van der Waals surface area contributed by atoms with Gasteiger partial charge in [0.15, 0.2) is 5.82 Å². The van der Waals surface area contributed by atoms with E-state index in [1.165, 1.54) is 0 Å². The van der Waals surface area contributed by atoms with Crippen molar-refractivity contribution < 1.29 is 9.21 Å². The highest BCUT2D eigenvalue weighted by molar-refractivity contribution is 5.91. The Labute approximate surface area is 156 Å². The fraction of sp³-hybridized carbons (Fsp3) is 0.263. The normalized spacial score (nSPS) is 14.9. The minimum Gasteiger partial charge on any atom is -0.465 e. The van der Waals surface area contributed by atoms with Crippen LogP contribution in [0.25, 0.3) is 11.9 Å². The molecule has 4 heterocycles. The van der Waals surface area contributed by atoms with Crippen molar-refractivity contribution in [2.75, 3.05) is 31.1 Å². The van der Waals surface area contributed by atoms with Crippen LogP contribution in [-0.2, 0) is 4.79 Å². The van der Waals surface area contributed by atoms with Gasteiger partial charge < -0.3 is 14.2 Å². The van der Waals surface area contributed by atoms with Crippen molar-refractivity contribution in [2.24, 2.45) is 0 Å². The van der Waals surface area contributed by atoms with Gasteiger partial charge in [-0.05, 0) is 31.2 Å². The number of rotatable bonds is 4. The summed E-state index contributed by atoms with van der Waals surface area (Å²) in [4.78, 5) is 25.0. The molecule has 1 fully saturated rings. The molecule has 0 spiro atoms. The molecule has 1 amide bonds. The minimum atomic E-state index is -0.0126. The van der Waals surface area contributed by atoms with Crippen molar-refractivity contribution in [1.82, 2.24) is 24.6 Å². The summed E-state index contributed by atoms with van der Waals surface area (Å²) in [6.07, 6.45) is 8.26. The molecule has 4 rings (SSSR count). The molecule has 0 aromatic carbocycles. The van der Waals surface area contributed by atoms with Crippen molar-refractivity contribution >= 4 is 17.8 Å². The molecule has 1 aliphatic heterocycles. The monoisotopic (exact) mass is 364 g/mol. The maximum Gasteiger partial charge on any atom is 0.246 e. The Morgan fingerprint density at radius 1 is 1.15 bits per heavy atom. The molecule has 3 aromatic heterocycles. The maximum atomic E-state index is 12.3. The average molecular weight is 364 g/mol. The van der Waals surface area contributed by atoms with E-state index in [2.05, 4.69) is 20.0 Å². The van der Waals surface area contributed by atoms with E-state index in [9.17, 15) is 4.79 Å². The van der Waals surface area contributed by atoms with Gasteiger partial charge in [-0.15, -0.1) is 0 Å². The predicted octanol–water partition coefficient (Wildman–Crippen LogP) is 1.93. The minimum absolute atomic E-state index is 0.0126. The zero-order chi connectivity index (χ0) is 18.6. The Kier molecular flexibility index (Phi) is 4.69. The molecule has 0 atom stereocenters. The van der Waals surface area contributed by atoms with E-state index in [-0.39, 0.29) is 5.91 Å². The number of aryl methyl sites for hydroxylation is 1. The van der Waals surface area contributed by atoms with Gasteiger partial charge in [0.25, 0.3) is 0 Å². The lowest BCUT2D eigenvalue weighted by atomic mass is 10.3. The summed E-state index contributed by atoms with van der Waals surface area (Å²) in [6.45, 7) is 4.65. The fourth-order valence-electron chi connectivity index (χ4n) is 2.98. The smallest absolute Gasteiger partial charge is 0.246 e. The summed E-state index contributed by atoms with van der Waals surface area (Å²) in [7, 11) is 0. The number of amides is 1. The number of aromatic nitrogens is 4. The van der Waals surface area contributed by atoms with Crippen molar-refractivity contribution in [3.63, 3.8) is 0 Å². The molecule has 0 N–H and O–H groups in total. The molecule has 0 unspecified atom stereocenters. The van der Waals surface area contributed by atoms with Gasteiger partial charge in [0.1, 0.15) is 17.9 Å². The third-order valence-electron chi connectivity index (χ3n) is 4.44. The van der Waals surface area contributed by atoms with Gasteiger partial charge in [-0.25, -0.2) is 14.6 Å². The van der Waals surface area contributed by atoms with Crippen LogP contribution < -0.4 is 4.90 Å². The maximum absolute atomic E-state index is 12.3. The van der Waals surface area contributed by atoms with Gasteiger partial charge >= 0.3 is 0 Å². The van der Waals surface area contributed by atoms with Crippen molar-refractivity contribution in [1.29, 1.82) is 0 Å². The van der Waals surface area contributed by atoms with Crippen LogP contribution in [0.15, 0.2) is 53.5 Å². The van der Waals surface area contributed by atoms with Crippen molar-refractivity contribution in [3.8, 4) is 5.82 Å². The quantitative estimate of drug-likeness (QED) is 0.658.